The number of benzene rings is 3. The third-order valence-corrected chi connectivity index (χ3v) is 5.45. The van der Waals surface area contributed by atoms with E-state index in [2.05, 4.69) is 10.0 Å². The second kappa shape index (κ2) is 8.29. The molecule has 0 unspecified atom stereocenters. The van der Waals surface area contributed by atoms with Crippen LogP contribution in [0, 0.1) is 10.1 Å². The number of amides is 1. The number of nitro groups is 1. The van der Waals surface area contributed by atoms with Gasteiger partial charge in [-0.05, 0) is 48.5 Å². The zero-order valence-corrected chi connectivity index (χ0v) is 16.3. The Kier molecular flexibility index (Phi) is 5.81. The fourth-order valence-electron chi connectivity index (χ4n) is 2.44. The maximum Gasteiger partial charge on any atom is 0.271 e. The number of sulfonamides is 1. The second-order valence-corrected chi connectivity index (χ2v) is 8.02. The molecule has 148 valence electrons. The van der Waals surface area contributed by atoms with Gasteiger partial charge in [0, 0.05) is 34.1 Å². The minimum atomic E-state index is -3.94. The van der Waals surface area contributed by atoms with Gasteiger partial charge in [0.15, 0.2) is 0 Å². The quantitative estimate of drug-likeness (QED) is 0.445. The standard InChI is InChI=1S/C19H14ClN3O5S/c20-14-7-9-15(10-8-14)22-29(27,28)18-6-1-3-13(11-18)19(24)21-16-4-2-5-17(12-16)23(25)26/h1-12,22H,(H,21,24). The summed E-state index contributed by atoms with van der Waals surface area (Å²) in [6.45, 7) is 0. The molecule has 0 aromatic heterocycles. The van der Waals surface area contributed by atoms with Crippen LogP contribution >= 0.6 is 11.6 Å². The predicted molar refractivity (Wildman–Crippen MR) is 110 cm³/mol. The highest BCUT2D eigenvalue weighted by Crippen LogP contribution is 2.21. The monoisotopic (exact) mass is 431 g/mol. The highest BCUT2D eigenvalue weighted by atomic mass is 35.5. The van der Waals surface area contributed by atoms with E-state index in [9.17, 15) is 23.3 Å². The van der Waals surface area contributed by atoms with Gasteiger partial charge in [0.2, 0.25) is 0 Å². The molecule has 8 nitrogen and oxygen atoms in total. The lowest BCUT2D eigenvalue weighted by atomic mass is 10.2. The third-order valence-electron chi connectivity index (χ3n) is 3.82. The number of nitrogens with one attached hydrogen (secondary N) is 2. The number of hydrogen-bond acceptors (Lipinski definition) is 5. The number of hydrogen-bond donors (Lipinski definition) is 2. The van der Waals surface area contributed by atoms with Crippen LogP contribution in [0.3, 0.4) is 0 Å². The van der Waals surface area contributed by atoms with Gasteiger partial charge in [-0.3, -0.25) is 19.6 Å². The molecule has 0 saturated heterocycles. The molecule has 0 atom stereocenters. The molecule has 0 aliphatic carbocycles. The summed E-state index contributed by atoms with van der Waals surface area (Å²) in [4.78, 5) is 22.6. The van der Waals surface area contributed by atoms with Gasteiger partial charge in [0.25, 0.3) is 21.6 Å². The van der Waals surface area contributed by atoms with Gasteiger partial charge in [0.05, 0.1) is 9.82 Å². The smallest absolute Gasteiger partial charge is 0.271 e. The summed E-state index contributed by atoms with van der Waals surface area (Å²) in [7, 11) is -3.94. The number of rotatable bonds is 6. The van der Waals surface area contributed by atoms with Crippen molar-refractivity contribution in [1.82, 2.24) is 0 Å². The van der Waals surface area contributed by atoms with Gasteiger partial charge in [-0.2, -0.15) is 0 Å². The number of nitrogens with zero attached hydrogens (tertiary/aromatic N) is 1. The Morgan fingerprint density at radius 2 is 1.62 bits per heavy atom. The lowest BCUT2D eigenvalue weighted by Crippen LogP contribution is -2.16. The number of anilines is 2. The molecule has 0 bridgehead atoms. The van der Waals surface area contributed by atoms with Gasteiger partial charge >= 0.3 is 0 Å². The van der Waals surface area contributed by atoms with Crippen LogP contribution in [0.5, 0.6) is 0 Å². The zero-order chi connectivity index (χ0) is 21.0. The van der Waals surface area contributed by atoms with Crippen molar-refractivity contribution in [3.63, 3.8) is 0 Å². The highest BCUT2D eigenvalue weighted by molar-refractivity contribution is 7.92. The summed E-state index contributed by atoms with van der Waals surface area (Å²) >= 11 is 5.79. The fraction of sp³-hybridized carbons (Fsp3) is 0. The summed E-state index contributed by atoms with van der Waals surface area (Å²) in [6, 6.07) is 17.0. The van der Waals surface area contributed by atoms with Crippen molar-refractivity contribution in [3.05, 3.63) is 93.5 Å². The van der Waals surface area contributed by atoms with Gasteiger partial charge in [-0.25, -0.2) is 8.42 Å². The molecule has 0 aliphatic heterocycles. The Morgan fingerprint density at radius 1 is 0.931 bits per heavy atom. The van der Waals surface area contributed by atoms with Crippen LogP contribution in [0.1, 0.15) is 10.4 Å². The van der Waals surface area contributed by atoms with Crippen molar-refractivity contribution < 1.29 is 18.1 Å². The van der Waals surface area contributed by atoms with Crippen LogP contribution < -0.4 is 10.0 Å². The molecule has 2 N–H and O–H groups in total. The van der Waals surface area contributed by atoms with Gasteiger partial charge in [-0.1, -0.05) is 23.7 Å². The largest absolute Gasteiger partial charge is 0.322 e. The normalized spacial score (nSPS) is 10.9. The van der Waals surface area contributed by atoms with E-state index < -0.39 is 20.9 Å². The first-order chi connectivity index (χ1) is 13.7. The third kappa shape index (κ3) is 5.09. The highest BCUT2D eigenvalue weighted by Gasteiger charge is 2.17. The van der Waals surface area contributed by atoms with Crippen molar-refractivity contribution in [3.8, 4) is 0 Å². The van der Waals surface area contributed by atoms with E-state index in [4.69, 9.17) is 11.6 Å². The summed E-state index contributed by atoms with van der Waals surface area (Å²) < 4.78 is 27.6. The van der Waals surface area contributed by atoms with Crippen molar-refractivity contribution in [2.24, 2.45) is 0 Å². The van der Waals surface area contributed by atoms with Crippen molar-refractivity contribution in [2.45, 2.75) is 4.90 Å². The first kappa shape index (κ1) is 20.3. The van der Waals surface area contributed by atoms with E-state index in [-0.39, 0.29) is 21.8 Å². The Morgan fingerprint density at radius 3 is 2.31 bits per heavy atom. The van der Waals surface area contributed by atoms with E-state index in [1.807, 2.05) is 0 Å². The number of carbonyl (C=O) groups excluding carboxylic acids is 1. The van der Waals surface area contributed by atoms with E-state index in [0.29, 0.717) is 10.7 Å². The van der Waals surface area contributed by atoms with Crippen LogP contribution in [-0.2, 0) is 10.0 Å². The summed E-state index contributed by atoms with van der Waals surface area (Å²) in [5, 5.41) is 13.8. The minimum Gasteiger partial charge on any atom is -0.322 e. The molecule has 10 heteroatoms. The van der Waals surface area contributed by atoms with E-state index >= 15 is 0 Å². The van der Waals surface area contributed by atoms with E-state index in [0.717, 1.165) is 0 Å². The predicted octanol–water partition coefficient (Wildman–Crippen LogP) is 4.30. The average Bonchev–Trinajstić information content (AvgIpc) is 2.70. The molecule has 0 saturated carbocycles. The molecule has 1 amide bonds. The second-order valence-electron chi connectivity index (χ2n) is 5.90. The maximum atomic E-state index is 12.6. The SMILES string of the molecule is O=C(Nc1cccc([N+](=O)[O-])c1)c1cccc(S(=O)(=O)Nc2ccc(Cl)cc2)c1. The molecule has 29 heavy (non-hydrogen) atoms. The zero-order valence-electron chi connectivity index (χ0n) is 14.7. The fourth-order valence-corrected chi connectivity index (χ4v) is 3.67. The molecule has 0 spiro atoms. The van der Waals surface area contributed by atoms with Gasteiger partial charge in [0.1, 0.15) is 0 Å². The summed E-state index contributed by atoms with van der Waals surface area (Å²) in [5.41, 5.74) is 0.444. The van der Waals surface area contributed by atoms with Crippen LogP contribution in [0.15, 0.2) is 77.7 Å². The molecule has 0 fully saturated rings. The van der Waals surface area contributed by atoms with E-state index in [1.54, 1.807) is 12.1 Å². The topological polar surface area (TPSA) is 118 Å². The lowest BCUT2D eigenvalue weighted by Gasteiger charge is -2.10. The number of nitro benzene ring substituents is 1. The van der Waals surface area contributed by atoms with Gasteiger partial charge in [-0.15, -0.1) is 0 Å². The van der Waals surface area contributed by atoms with Crippen molar-refractivity contribution in [2.75, 3.05) is 10.0 Å². The molecule has 3 aromatic rings. The molecule has 3 rings (SSSR count). The van der Waals surface area contributed by atoms with Crippen LogP contribution in [0.25, 0.3) is 0 Å². The van der Waals surface area contributed by atoms with E-state index in [1.165, 1.54) is 60.7 Å². The molecule has 0 radical (unpaired) electrons. The number of non-ortho nitro benzene ring substituents is 1. The van der Waals surface area contributed by atoms with Crippen molar-refractivity contribution in [1.29, 1.82) is 0 Å². The van der Waals surface area contributed by atoms with Gasteiger partial charge < -0.3 is 5.32 Å². The Balaban J connectivity index is 1.81. The molecule has 0 heterocycles. The number of halogens is 1. The molecular weight excluding hydrogens is 418 g/mol. The lowest BCUT2D eigenvalue weighted by molar-refractivity contribution is -0.384. The molecule has 0 aliphatic rings. The first-order valence-electron chi connectivity index (χ1n) is 8.19. The minimum absolute atomic E-state index is 0.0792. The average molecular weight is 432 g/mol. The first-order valence-corrected chi connectivity index (χ1v) is 10.0. The Bertz CT molecular complexity index is 1180. The van der Waals surface area contributed by atoms with Crippen LogP contribution in [0.2, 0.25) is 5.02 Å². The summed E-state index contributed by atoms with van der Waals surface area (Å²) in [5.74, 6) is -0.603. The Hall–Kier alpha value is -3.43. The number of carbonyl (C=O) groups is 1. The Labute approximate surface area is 171 Å². The summed E-state index contributed by atoms with van der Waals surface area (Å²) in [6.07, 6.45) is 0. The molecular formula is C19H14ClN3O5S. The van der Waals surface area contributed by atoms with Crippen LogP contribution in [-0.4, -0.2) is 19.2 Å². The van der Waals surface area contributed by atoms with Crippen molar-refractivity contribution >= 4 is 44.6 Å². The molecule has 3 aromatic carbocycles. The van der Waals surface area contributed by atoms with Crippen LogP contribution in [0.4, 0.5) is 17.1 Å². The maximum absolute atomic E-state index is 12.6.